The summed E-state index contributed by atoms with van der Waals surface area (Å²) < 4.78 is 0. The Morgan fingerprint density at radius 1 is 1.24 bits per heavy atom. The van der Waals surface area contributed by atoms with Gasteiger partial charge in [-0.3, -0.25) is 0 Å². The van der Waals surface area contributed by atoms with Crippen molar-refractivity contribution in [3.05, 3.63) is 29.8 Å². The summed E-state index contributed by atoms with van der Waals surface area (Å²) in [6, 6.07) is 7.59. The molecule has 0 aromatic heterocycles. The van der Waals surface area contributed by atoms with Crippen LogP contribution in [0.4, 0.5) is 0 Å². The van der Waals surface area contributed by atoms with E-state index >= 15 is 0 Å². The maximum absolute atomic E-state index is 9.80. The van der Waals surface area contributed by atoms with E-state index in [9.17, 15) is 5.11 Å². The van der Waals surface area contributed by atoms with Gasteiger partial charge in [0.15, 0.2) is 0 Å². The fourth-order valence-corrected chi connectivity index (χ4v) is 3.56. The molecule has 2 fully saturated rings. The molecule has 0 radical (unpaired) electrons. The minimum atomic E-state index is -0.0339. The van der Waals surface area contributed by atoms with Gasteiger partial charge in [0.25, 0.3) is 0 Å². The van der Waals surface area contributed by atoms with Crippen LogP contribution in [0.1, 0.15) is 37.7 Å². The number of nitrogens with two attached hydrogens (primary N) is 1. The summed E-state index contributed by atoms with van der Waals surface area (Å²) in [5.41, 5.74) is 7.44. The van der Waals surface area contributed by atoms with Gasteiger partial charge < -0.3 is 10.8 Å². The van der Waals surface area contributed by atoms with Crippen LogP contribution in [-0.2, 0) is 6.42 Å². The fourth-order valence-electron chi connectivity index (χ4n) is 3.56. The zero-order valence-electron chi connectivity index (χ0n) is 10.2. The average molecular weight is 231 g/mol. The molecule has 0 bridgehead atoms. The van der Waals surface area contributed by atoms with E-state index in [1.54, 1.807) is 6.07 Å². The first-order valence-corrected chi connectivity index (χ1v) is 6.75. The normalized spacial score (nSPS) is 32.9. The molecule has 2 unspecified atom stereocenters. The number of para-hydroxylation sites is 1. The third-order valence-electron chi connectivity index (χ3n) is 4.66. The zero-order valence-corrected chi connectivity index (χ0v) is 10.2. The minimum absolute atomic E-state index is 0.0339. The topological polar surface area (TPSA) is 46.2 Å². The SMILES string of the molecule is NC1(Cc2ccccc2O)CC1C1CCCC1. The van der Waals surface area contributed by atoms with Crippen molar-refractivity contribution in [3.8, 4) is 5.75 Å². The lowest BCUT2D eigenvalue weighted by Crippen LogP contribution is -2.29. The van der Waals surface area contributed by atoms with Crippen LogP contribution in [0, 0.1) is 11.8 Å². The Labute approximate surface area is 103 Å². The zero-order chi connectivity index (χ0) is 11.9. The molecule has 17 heavy (non-hydrogen) atoms. The number of phenolic OH excluding ortho intramolecular Hbond substituents is 1. The molecule has 0 saturated heterocycles. The Bertz CT molecular complexity index is 411. The van der Waals surface area contributed by atoms with E-state index < -0.39 is 0 Å². The molecule has 2 aliphatic rings. The van der Waals surface area contributed by atoms with Crippen molar-refractivity contribution in [1.29, 1.82) is 0 Å². The average Bonchev–Trinajstić information content (AvgIpc) is 2.79. The molecule has 0 amide bonds. The standard InChI is InChI=1S/C15H21NO/c16-15(9-12-7-3-4-8-14(12)17)10-13(15)11-5-1-2-6-11/h3-4,7-8,11,13,17H,1-2,5-6,9-10,16H2. The summed E-state index contributed by atoms with van der Waals surface area (Å²) in [6.07, 6.45) is 7.48. The number of rotatable bonds is 3. The second-order valence-electron chi connectivity index (χ2n) is 5.89. The van der Waals surface area contributed by atoms with E-state index in [-0.39, 0.29) is 5.54 Å². The van der Waals surface area contributed by atoms with Gasteiger partial charge in [-0.1, -0.05) is 43.9 Å². The second-order valence-corrected chi connectivity index (χ2v) is 5.89. The molecule has 1 aromatic carbocycles. The van der Waals surface area contributed by atoms with Crippen LogP contribution in [0.5, 0.6) is 5.75 Å². The lowest BCUT2D eigenvalue weighted by atomic mass is 9.94. The molecule has 0 heterocycles. The van der Waals surface area contributed by atoms with Gasteiger partial charge in [0.1, 0.15) is 5.75 Å². The van der Waals surface area contributed by atoms with Gasteiger partial charge in [0.2, 0.25) is 0 Å². The van der Waals surface area contributed by atoms with Gasteiger partial charge in [0, 0.05) is 5.54 Å². The quantitative estimate of drug-likeness (QED) is 0.840. The first kappa shape index (κ1) is 11.1. The predicted octanol–water partition coefficient (Wildman–Crippen LogP) is 2.84. The predicted molar refractivity (Wildman–Crippen MR) is 68.8 cm³/mol. The smallest absolute Gasteiger partial charge is 0.118 e. The Hall–Kier alpha value is -1.02. The van der Waals surface area contributed by atoms with E-state index in [1.807, 2.05) is 18.2 Å². The van der Waals surface area contributed by atoms with Crippen LogP contribution in [0.15, 0.2) is 24.3 Å². The molecule has 2 atom stereocenters. The second kappa shape index (κ2) is 4.02. The molecule has 2 saturated carbocycles. The van der Waals surface area contributed by atoms with Crippen molar-refractivity contribution in [2.75, 3.05) is 0 Å². The highest BCUT2D eigenvalue weighted by molar-refractivity contribution is 5.35. The third-order valence-corrected chi connectivity index (χ3v) is 4.66. The number of hydrogen-bond acceptors (Lipinski definition) is 2. The molecular formula is C15H21NO. The maximum atomic E-state index is 9.80. The number of hydrogen-bond donors (Lipinski definition) is 2. The van der Waals surface area contributed by atoms with Gasteiger partial charge in [-0.15, -0.1) is 0 Å². The molecule has 0 aliphatic heterocycles. The van der Waals surface area contributed by atoms with Crippen LogP contribution in [0.2, 0.25) is 0 Å². The van der Waals surface area contributed by atoms with Crippen molar-refractivity contribution in [2.24, 2.45) is 17.6 Å². The Balaban J connectivity index is 1.68. The first-order valence-electron chi connectivity index (χ1n) is 6.75. The molecule has 1 aromatic rings. The fraction of sp³-hybridized carbons (Fsp3) is 0.600. The summed E-state index contributed by atoms with van der Waals surface area (Å²) in [6.45, 7) is 0. The van der Waals surface area contributed by atoms with Crippen LogP contribution in [0.3, 0.4) is 0 Å². The number of aromatic hydroxyl groups is 1. The molecule has 3 N–H and O–H groups in total. The molecule has 0 spiro atoms. The number of phenols is 1. The van der Waals surface area contributed by atoms with Crippen molar-refractivity contribution >= 4 is 0 Å². The largest absolute Gasteiger partial charge is 0.508 e. The molecule has 92 valence electrons. The van der Waals surface area contributed by atoms with Crippen LogP contribution in [0.25, 0.3) is 0 Å². The summed E-state index contributed by atoms with van der Waals surface area (Å²) in [5, 5.41) is 9.80. The van der Waals surface area contributed by atoms with Gasteiger partial charge in [-0.05, 0) is 36.3 Å². The molecule has 2 nitrogen and oxygen atoms in total. The van der Waals surface area contributed by atoms with Crippen molar-refractivity contribution in [3.63, 3.8) is 0 Å². The Morgan fingerprint density at radius 3 is 2.65 bits per heavy atom. The van der Waals surface area contributed by atoms with Gasteiger partial charge in [-0.2, -0.15) is 0 Å². The van der Waals surface area contributed by atoms with Crippen LogP contribution in [-0.4, -0.2) is 10.6 Å². The number of benzene rings is 1. The van der Waals surface area contributed by atoms with Gasteiger partial charge in [-0.25, -0.2) is 0 Å². The van der Waals surface area contributed by atoms with E-state index in [2.05, 4.69) is 0 Å². The Morgan fingerprint density at radius 2 is 1.94 bits per heavy atom. The molecule has 2 heteroatoms. The minimum Gasteiger partial charge on any atom is -0.508 e. The van der Waals surface area contributed by atoms with E-state index in [0.29, 0.717) is 11.7 Å². The lowest BCUT2D eigenvalue weighted by molar-refractivity contribution is 0.414. The first-order chi connectivity index (χ1) is 8.19. The lowest BCUT2D eigenvalue weighted by Gasteiger charge is -2.16. The monoisotopic (exact) mass is 231 g/mol. The van der Waals surface area contributed by atoms with Crippen LogP contribution < -0.4 is 5.73 Å². The summed E-state index contributed by atoms with van der Waals surface area (Å²) in [4.78, 5) is 0. The van der Waals surface area contributed by atoms with E-state index in [4.69, 9.17) is 5.73 Å². The van der Waals surface area contributed by atoms with Crippen molar-refractivity contribution in [2.45, 2.75) is 44.1 Å². The third kappa shape index (κ3) is 2.06. The van der Waals surface area contributed by atoms with Gasteiger partial charge in [0.05, 0.1) is 0 Å². The van der Waals surface area contributed by atoms with Crippen molar-refractivity contribution < 1.29 is 5.11 Å². The summed E-state index contributed by atoms with van der Waals surface area (Å²) in [7, 11) is 0. The van der Waals surface area contributed by atoms with Crippen LogP contribution >= 0.6 is 0 Å². The maximum Gasteiger partial charge on any atom is 0.118 e. The summed E-state index contributed by atoms with van der Waals surface area (Å²) >= 11 is 0. The molecular weight excluding hydrogens is 210 g/mol. The highest BCUT2D eigenvalue weighted by atomic mass is 16.3. The van der Waals surface area contributed by atoms with E-state index in [1.165, 1.54) is 25.7 Å². The van der Waals surface area contributed by atoms with E-state index in [0.717, 1.165) is 24.3 Å². The summed E-state index contributed by atoms with van der Waals surface area (Å²) in [5.74, 6) is 1.95. The Kier molecular flexibility index (Phi) is 2.62. The highest BCUT2D eigenvalue weighted by Gasteiger charge is 2.54. The molecule has 2 aliphatic carbocycles. The highest BCUT2D eigenvalue weighted by Crippen LogP contribution is 2.53. The van der Waals surface area contributed by atoms with Crippen molar-refractivity contribution in [1.82, 2.24) is 0 Å². The van der Waals surface area contributed by atoms with Gasteiger partial charge >= 0.3 is 0 Å². The molecule has 3 rings (SSSR count).